The lowest BCUT2D eigenvalue weighted by molar-refractivity contribution is 0.217. The van der Waals surface area contributed by atoms with Gasteiger partial charge in [0.15, 0.2) is 0 Å². The smallest absolute Gasteiger partial charge is 0.122 e. The van der Waals surface area contributed by atoms with E-state index in [2.05, 4.69) is 21.2 Å². The van der Waals surface area contributed by atoms with Gasteiger partial charge in [0.05, 0.1) is 13.7 Å². The summed E-state index contributed by atoms with van der Waals surface area (Å²) in [6.45, 7) is 3.39. The van der Waals surface area contributed by atoms with E-state index in [1.807, 2.05) is 43.3 Å². The Morgan fingerprint density at radius 1 is 1.17 bits per heavy atom. The standard InChI is InChI=1S/C19H24BrNO3/c1-13-16(4-3-5-18(13)24-2)19(23)17-7-6-15(20)12-14(17)8-9-21-10-11-22/h3-7,12,19,21-23H,8-11H2,1-2H3. The van der Waals surface area contributed by atoms with Crippen LogP contribution in [0, 0.1) is 6.92 Å². The van der Waals surface area contributed by atoms with Crippen LogP contribution in [0.1, 0.15) is 28.4 Å². The van der Waals surface area contributed by atoms with Gasteiger partial charge in [-0.25, -0.2) is 0 Å². The molecule has 0 aromatic heterocycles. The fourth-order valence-electron chi connectivity index (χ4n) is 2.80. The van der Waals surface area contributed by atoms with Gasteiger partial charge in [-0.3, -0.25) is 0 Å². The second-order valence-corrected chi connectivity index (χ2v) is 6.56. The number of hydrogen-bond donors (Lipinski definition) is 3. The number of halogens is 1. The largest absolute Gasteiger partial charge is 0.496 e. The number of aliphatic hydroxyl groups excluding tert-OH is 2. The molecular weight excluding hydrogens is 370 g/mol. The van der Waals surface area contributed by atoms with Crippen LogP contribution in [0.25, 0.3) is 0 Å². The SMILES string of the molecule is COc1cccc(C(O)c2ccc(Br)cc2CCNCCO)c1C. The first-order valence-corrected chi connectivity index (χ1v) is 8.79. The van der Waals surface area contributed by atoms with Crippen molar-refractivity contribution in [2.75, 3.05) is 26.8 Å². The van der Waals surface area contributed by atoms with Gasteiger partial charge in [0.25, 0.3) is 0 Å². The molecule has 0 aliphatic carbocycles. The highest BCUT2D eigenvalue weighted by molar-refractivity contribution is 9.10. The fraction of sp³-hybridized carbons (Fsp3) is 0.368. The van der Waals surface area contributed by atoms with Gasteiger partial charge in [0.2, 0.25) is 0 Å². The van der Waals surface area contributed by atoms with Crippen LogP contribution in [0.4, 0.5) is 0 Å². The molecule has 0 fully saturated rings. The number of ether oxygens (including phenoxy) is 1. The number of methoxy groups -OCH3 is 1. The van der Waals surface area contributed by atoms with E-state index >= 15 is 0 Å². The predicted octanol–water partition coefficient (Wildman–Crippen LogP) is 2.97. The molecule has 0 spiro atoms. The minimum absolute atomic E-state index is 0.122. The summed E-state index contributed by atoms with van der Waals surface area (Å²) in [6, 6.07) is 11.7. The Hall–Kier alpha value is -1.40. The van der Waals surface area contributed by atoms with Gasteiger partial charge >= 0.3 is 0 Å². The summed E-state index contributed by atoms with van der Waals surface area (Å²) in [5.74, 6) is 0.773. The highest BCUT2D eigenvalue weighted by atomic mass is 79.9. The molecule has 0 saturated heterocycles. The molecule has 2 rings (SSSR count). The van der Waals surface area contributed by atoms with Gasteiger partial charge in [-0.1, -0.05) is 34.1 Å². The fourth-order valence-corrected chi connectivity index (χ4v) is 3.21. The molecule has 0 saturated carbocycles. The molecule has 0 bridgehead atoms. The van der Waals surface area contributed by atoms with Crippen molar-refractivity contribution in [3.05, 3.63) is 63.1 Å². The van der Waals surface area contributed by atoms with Crippen LogP contribution >= 0.6 is 15.9 Å². The van der Waals surface area contributed by atoms with E-state index in [1.165, 1.54) is 0 Å². The molecule has 1 atom stereocenters. The van der Waals surface area contributed by atoms with Crippen LogP contribution in [0.5, 0.6) is 5.75 Å². The van der Waals surface area contributed by atoms with E-state index < -0.39 is 6.10 Å². The van der Waals surface area contributed by atoms with Crippen LogP contribution in [-0.4, -0.2) is 37.0 Å². The number of nitrogens with one attached hydrogen (secondary N) is 1. The van der Waals surface area contributed by atoms with E-state index in [-0.39, 0.29) is 6.61 Å². The molecule has 0 amide bonds. The number of rotatable bonds is 8. The first-order chi connectivity index (χ1) is 11.6. The van der Waals surface area contributed by atoms with E-state index in [1.54, 1.807) is 7.11 Å². The van der Waals surface area contributed by atoms with Gasteiger partial charge in [-0.15, -0.1) is 0 Å². The summed E-state index contributed by atoms with van der Waals surface area (Å²) >= 11 is 3.50. The summed E-state index contributed by atoms with van der Waals surface area (Å²) in [5.41, 5.74) is 3.76. The van der Waals surface area contributed by atoms with Gasteiger partial charge in [0.1, 0.15) is 11.9 Å². The highest BCUT2D eigenvalue weighted by Gasteiger charge is 2.18. The van der Waals surface area contributed by atoms with Crippen LogP contribution < -0.4 is 10.1 Å². The lowest BCUT2D eigenvalue weighted by Crippen LogP contribution is -2.21. The molecule has 2 aromatic rings. The normalized spacial score (nSPS) is 12.2. The van der Waals surface area contributed by atoms with Crippen LogP contribution in [-0.2, 0) is 6.42 Å². The quantitative estimate of drug-likeness (QED) is 0.603. The van der Waals surface area contributed by atoms with Crippen molar-refractivity contribution in [1.82, 2.24) is 5.32 Å². The van der Waals surface area contributed by atoms with Gasteiger partial charge in [-0.05, 0) is 60.3 Å². The van der Waals surface area contributed by atoms with Gasteiger partial charge in [0, 0.05) is 11.0 Å². The molecular formula is C19H24BrNO3. The molecule has 24 heavy (non-hydrogen) atoms. The Labute approximate surface area is 151 Å². The monoisotopic (exact) mass is 393 g/mol. The molecule has 0 aliphatic rings. The van der Waals surface area contributed by atoms with Gasteiger partial charge < -0.3 is 20.3 Å². The maximum atomic E-state index is 10.9. The molecule has 5 heteroatoms. The predicted molar refractivity (Wildman–Crippen MR) is 99.6 cm³/mol. The Kier molecular flexibility index (Phi) is 7.24. The van der Waals surface area contributed by atoms with Crippen molar-refractivity contribution in [1.29, 1.82) is 0 Å². The second kappa shape index (κ2) is 9.18. The third-order valence-electron chi connectivity index (χ3n) is 4.10. The molecule has 1 unspecified atom stereocenters. The highest BCUT2D eigenvalue weighted by Crippen LogP contribution is 2.32. The van der Waals surface area contributed by atoms with Crippen molar-refractivity contribution in [3.8, 4) is 5.75 Å². The minimum Gasteiger partial charge on any atom is -0.496 e. The van der Waals surface area contributed by atoms with E-state index in [0.717, 1.165) is 45.4 Å². The number of aliphatic hydroxyl groups is 2. The van der Waals surface area contributed by atoms with Crippen LogP contribution in [0.15, 0.2) is 40.9 Å². The molecule has 3 N–H and O–H groups in total. The Bertz CT molecular complexity index is 676. The third kappa shape index (κ3) is 4.57. The third-order valence-corrected chi connectivity index (χ3v) is 4.59. The molecule has 2 aromatic carbocycles. The van der Waals surface area contributed by atoms with Crippen molar-refractivity contribution < 1.29 is 14.9 Å². The van der Waals surface area contributed by atoms with E-state index in [4.69, 9.17) is 9.84 Å². The summed E-state index contributed by atoms with van der Waals surface area (Å²) in [4.78, 5) is 0. The minimum atomic E-state index is -0.707. The summed E-state index contributed by atoms with van der Waals surface area (Å²) in [7, 11) is 1.64. The van der Waals surface area contributed by atoms with Gasteiger partial charge in [-0.2, -0.15) is 0 Å². The molecule has 130 valence electrons. The number of benzene rings is 2. The topological polar surface area (TPSA) is 61.7 Å². The Balaban J connectivity index is 2.30. The Morgan fingerprint density at radius 3 is 2.67 bits per heavy atom. The molecule has 0 heterocycles. The van der Waals surface area contributed by atoms with Crippen molar-refractivity contribution in [2.24, 2.45) is 0 Å². The summed E-state index contributed by atoms with van der Waals surface area (Å²) in [6.07, 6.45) is 0.0653. The zero-order chi connectivity index (χ0) is 17.5. The first-order valence-electron chi connectivity index (χ1n) is 8.00. The molecule has 4 nitrogen and oxygen atoms in total. The number of hydrogen-bond acceptors (Lipinski definition) is 4. The van der Waals surface area contributed by atoms with Crippen molar-refractivity contribution in [3.63, 3.8) is 0 Å². The zero-order valence-corrected chi connectivity index (χ0v) is 15.6. The summed E-state index contributed by atoms with van der Waals surface area (Å²) in [5, 5.41) is 23.0. The van der Waals surface area contributed by atoms with Crippen molar-refractivity contribution >= 4 is 15.9 Å². The molecule has 0 radical (unpaired) electrons. The van der Waals surface area contributed by atoms with E-state index in [0.29, 0.717) is 6.54 Å². The maximum Gasteiger partial charge on any atom is 0.122 e. The maximum absolute atomic E-state index is 10.9. The van der Waals surface area contributed by atoms with Crippen LogP contribution in [0.2, 0.25) is 0 Å². The first kappa shape index (κ1) is 18.9. The average Bonchev–Trinajstić information content (AvgIpc) is 2.58. The van der Waals surface area contributed by atoms with E-state index in [9.17, 15) is 5.11 Å². The lowest BCUT2D eigenvalue weighted by Gasteiger charge is -2.19. The second-order valence-electron chi connectivity index (χ2n) is 5.64. The lowest BCUT2D eigenvalue weighted by atomic mass is 9.92. The summed E-state index contributed by atoms with van der Waals surface area (Å²) < 4.78 is 6.34. The molecule has 0 aliphatic heterocycles. The average molecular weight is 394 g/mol. The van der Waals surface area contributed by atoms with Crippen LogP contribution in [0.3, 0.4) is 0 Å². The Morgan fingerprint density at radius 2 is 1.96 bits per heavy atom. The zero-order valence-electron chi connectivity index (χ0n) is 14.1. The van der Waals surface area contributed by atoms with Crippen molar-refractivity contribution in [2.45, 2.75) is 19.4 Å².